The highest BCUT2D eigenvalue weighted by Crippen LogP contribution is 2.29. The summed E-state index contributed by atoms with van der Waals surface area (Å²) in [4.78, 5) is 0. The van der Waals surface area contributed by atoms with Gasteiger partial charge in [-0.25, -0.2) is 0 Å². The molecule has 0 aromatic heterocycles. The van der Waals surface area contributed by atoms with Crippen molar-refractivity contribution in [1.29, 1.82) is 0 Å². The van der Waals surface area contributed by atoms with Gasteiger partial charge in [0.2, 0.25) is 0 Å². The van der Waals surface area contributed by atoms with Crippen molar-refractivity contribution in [2.24, 2.45) is 0 Å². The Balaban J connectivity index is 2.10. The molecule has 1 aromatic carbocycles. The molecule has 0 saturated carbocycles. The Kier molecular flexibility index (Phi) is 3.78. The number of nitrogens with one attached hydrogen (secondary N) is 2. The van der Waals surface area contributed by atoms with Crippen molar-refractivity contribution in [3.05, 3.63) is 35.4 Å². The standard InChI is InChI=1S/C13H18N2S/c1-2-14-13(16)15-12-9-5-7-10-6-3-4-8-11(10)12/h3-4,6,8,12H,2,5,7,9H2,1H3,(H2,14,15,16). The number of rotatable bonds is 2. The fourth-order valence-corrected chi connectivity index (χ4v) is 2.56. The minimum absolute atomic E-state index is 0.386. The van der Waals surface area contributed by atoms with Gasteiger partial charge in [0, 0.05) is 6.54 Å². The van der Waals surface area contributed by atoms with Crippen LogP contribution in [0.5, 0.6) is 0 Å². The molecule has 2 nitrogen and oxygen atoms in total. The summed E-state index contributed by atoms with van der Waals surface area (Å²) in [6, 6.07) is 9.04. The SMILES string of the molecule is CCNC(=S)NC1CCCc2ccccc21. The first kappa shape index (κ1) is 11.4. The van der Waals surface area contributed by atoms with Crippen molar-refractivity contribution < 1.29 is 0 Å². The maximum absolute atomic E-state index is 5.24. The summed E-state index contributed by atoms with van der Waals surface area (Å²) in [6.45, 7) is 2.93. The van der Waals surface area contributed by atoms with Gasteiger partial charge in [0.15, 0.2) is 5.11 Å². The van der Waals surface area contributed by atoms with E-state index in [1.54, 1.807) is 0 Å². The second-order valence-corrected chi connectivity index (χ2v) is 4.56. The van der Waals surface area contributed by atoms with Crippen molar-refractivity contribution in [1.82, 2.24) is 10.6 Å². The molecule has 2 rings (SSSR count). The zero-order chi connectivity index (χ0) is 11.4. The second-order valence-electron chi connectivity index (χ2n) is 4.15. The molecule has 0 aliphatic heterocycles. The van der Waals surface area contributed by atoms with E-state index >= 15 is 0 Å². The van der Waals surface area contributed by atoms with Crippen LogP contribution in [-0.2, 0) is 6.42 Å². The van der Waals surface area contributed by atoms with E-state index in [4.69, 9.17) is 12.2 Å². The summed E-state index contributed by atoms with van der Waals surface area (Å²) in [6.07, 6.45) is 3.61. The van der Waals surface area contributed by atoms with E-state index < -0.39 is 0 Å². The molecule has 1 aromatic rings. The van der Waals surface area contributed by atoms with Gasteiger partial charge in [0.05, 0.1) is 6.04 Å². The summed E-state index contributed by atoms with van der Waals surface area (Å²) in [5.41, 5.74) is 2.87. The first-order chi connectivity index (χ1) is 7.81. The van der Waals surface area contributed by atoms with Gasteiger partial charge in [-0.15, -0.1) is 0 Å². The summed E-state index contributed by atoms with van der Waals surface area (Å²) in [5, 5.41) is 7.31. The third-order valence-electron chi connectivity index (χ3n) is 3.01. The summed E-state index contributed by atoms with van der Waals surface area (Å²) < 4.78 is 0. The number of aryl methyl sites for hydroxylation is 1. The van der Waals surface area contributed by atoms with Crippen molar-refractivity contribution in [3.8, 4) is 0 Å². The molecule has 16 heavy (non-hydrogen) atoms. The number of hydrogen-bond acceptors (Lipinski definition) is 1. The van der Waals surface area contributed by atoms with E-state index in [1.807, 2.05) is 0 Å². The molecule has 86 valence electrons. The topological polar surface area (TPSA) is 24.1 Å². The van der Waals surface area contributed by atoms with Gasteiger partial charge in [-0.3, -0.25) is 0 Å². The Morgan fingerprint density at radius 2 is 2.25 bits per heavy atom. The lowest BCUT2D eigenvalue weighted by Gasteiger charge is -2.27. The van der Waals surface area contributed by atoms with Crippen LogP contribution in [0.25, 0.3) is 0 Å². The van der Waals surface area contributed by atoms with Crippen LogP contribution in [0.1, 0.15) is 36.9 Å². The van der Waals surface area contributed by atoms with E-state index in [1.165, 1.54) is 30.4 Å². The average molecular weight is 234 g/mol. The van der Waals surface area contributed by atoms with Crippen LogP contribution in [0.3, 0.4) is 0 Å². The van der Waals surface area contributed by atoms with E-state index in [0.29, 0.717) is 6.04 Å². The minimum Gasteiger partial charge on any atom is -0.363 e. The molecule has 1 aliphatic carbocycles. The van der Waals surface area contributed by atoms with E-state index in [-0.39, 0.29) is 0 Å². The lowest BCUT2D eigenvalue weighted by molar-refractivity contribution is 0.524. The number of fused-ring (bicyclic) bond motifs is 1. The molecule has 0 saturated heterocycles. The molecular weight excluding hydrogens is 216 g/mol. The third kappa shape index (κ3) is 2.53. The lowest BCUT2D eigenvalue weighted by atomic mass is 9.88. The minimum atomic E-state index is 0.386. The monoisotopic (exact) mass is 234 g/mol. The maximum Gasteiger partial charge on any atom is 0.166 e. The first-order valence-corrected chi connectivity index (χ1v) is 6.34. The molecule has 0 fully saturated rings. The Morgan fingerprint density at radius 1 is 1.44 bits per heavy atom. The zero-order valence-electron chi connectivity index (χ0n) is 9.62. The Hall–Kier alpha value is -1.09. The smallest absolute Gasteiger partial charge is 0.166 e. The van der Waals surface area contributed by atoms with E-state index in [2.05, 4.69) is 41.8 Å². The molecule has 3 heteroatoms. The van der Waals surface area contributed by atoms with Crippen LogP contribution in [0.2, 0.25) is 0 Å². The molecule has 1 atom stereocenters. The van der Waals surface area contributed by atoms with Crippen molar-refractivity contribution >= 4 is 17.3 Å². The molecule has 0 spiro atoms. The van der Waals surface area contributed by atoms with Crippen molar-refractivity contribution in [2.45, 2.75) is 32.2 Å². The largest absolute Gasteiger partial charge is 0.363 e. The predicted molar refractivity (Wildman–Crippen MR) is 71.5 cm³/mol. The molecule has 1 unspecified atom stereocenters. The molecule has 0 bridgehead atoms. The normalized spacial score (nSPS) is 18.7. The van der Waals surface area contributed by atoms with Crippen LogP contribution in [0, 0.1) is 0 Å². The molecule has 0 radical (unpaired) electrons. The molecular formula is C13H18N2S. The van der Waals surface area contributed by atoms with Gasteiger partial charge in [0.1, 0.15) is 0 Å². The highest BCUT2D eigenvalue weighted by atomic mass is 32.1. The van der Waals surface area contributed by atoms with E-state index in [9.17, 15) is 0 Å². The van der Waals surface area contributed by atoms with Gasteiger partial charge in [0.25, 0.3) is 0 Å². The fourth-order valence-electron chi connectivity index (χ4n) is 2.27. The number of benzene rings is 1. The quantitative estimate of drug-likeness (QED) is 0.769. The van der Waals surface area contributed by atoms with Crippen LogP contribution < -0.4 is 10.6 Å². The van der Waals surface area contributed by atoms with Crippen molar-refractivity contribution in [3.63, 3.8) is 0 Å². The molecule has 2 N–H and O–H groups in total. The number of hydrogen-bond donors (Lipinski definition) is 2. The Labute approximate surface area is 102 Å². The van der Waals surface area contributed by atoms with Crippen molar-refractivity contribution in [2.75, 3.05) is 6.54 Å². The average Bonchev–Trinajstić information content (AvgIpc) is 2.30. The molecule has 0 heterocycles. The summed E-state index contributed by atoms with van der Waals surface area (Å²) in [5.74, 6) is 0. The summed E-state index contributed by atoms with van der Waals surface area (Å²) >= 11 is 5.24. The highest BCUT2D eigenvalue weighted by molar-refractivity contribution is 7.80. The van der Waals surface area contributed by atoms with Gasteiger partial charge >= 0.3 is 0 Å². The summed E-state index contributed by atoms with van der Waals surface area (Å²) in [7, 11) is 0. The van der Waals surface area contributed by atoms with Crippen LogP contribution in [0.4, 0.5) is 0 Å². The van der Waals surface area contributed by atoms with Crippen LogP contribution in [-0.4, -0.2) is 11.7 Å². The van der Waals surface area contributed by atoms with Gasteiger partial charge in [-0.05, 0) is 49.5 Å². The van der Waals surface area contributed by atoms with Gasteiger partial charge in [-0.1, -0.05) is 24.3 Å². The lowest BCUT2D eigenvalue weighted by Crippen LogP contribution is -2.38. The van der Waals surface area contributed by atoms with Crippen LogP contribution >= 0.6 is 12.2 Å². The zero-order valence-corrected chi connectivity index (χ0v) is 10.4. The Bertz CT molecular complexity index is 376. The van der Waals surface area contributed by atoms with Gasteiger partial charge < -0.3 is 10.6 Å². The third-order valence-corrected chi connectivity index (χ3v) is 3.27. The number of thiocarbonyl (C=S) groups is 1. The Morgan fingerprint density at radius 3 is 3.06 bits per heavy atom. The molecule has 1 aliphatic rings. The predicted octanol–water partition coefficient (Wildman–Crippen LogP) is 2.55. The first-order valence-electron chi connectivity index (χ1n) is 5.93. The van der Waals surface area contributed by atoms with Crippen LogP contribution in [0.15, 0.2) is 24.3 Å². The second kappa shape index (κ2) is 5.30. The van der Waals surface area contributed by atoms with Gasteiger partial charge in [-0.2, -0.15) is 0 Å². The highest BCUT2D eigenvalue weighted by Gasteiger charge is 2.19. The molecule has 0 amide bonds. The fraction of sp³-hybridized carbons (Fsp3) is 0.462. The van der Waals surface area contributed by atoms with E-state index in [0.717, 1.165) is 11.7 Å². The maximum atomic E-state index is 5.24.